The smallest absolute Gasteiger partial charge is 0.409 e. The lowest BCUT2D eigenvalue weighted by Crippen LogP contribution is -2.50. The van der Waals surface area contributed by atoms with Crippen molar-refractivity contribution in [2.45, 2.75) is 13.3 Å². The van der Waals surface area contributed by atoms with Gasteiger partial charge in [0.2, 0.25) is 5.91 Å². The van der Waals surface area contributed by atoms with E-state index in [1.165, 1.54) is 7.11 Å². The summed E-state index contributed by atoms with van der Waals surface area (Å²) in [6.07, 6.45) is -0.0240. The predicted octanol–water partition coefficient (Wildman–Crippen LogP) is 1.59. The molecule has 1 aromatic carbocycles. The summed E-state index contributed by atoms with van der Waals surface area (Å²) in [5.41, 5.74) is 2.40. The van der Waals surface area contributed by atoms with Crippen LogP contribution in [0.4, 0.5) is 4.79 Å². The summed E-state index contributed by atoms with van der Waals surface area (Å²) in [4.78, 5) is 31.5. The van der Waals surface area contributed by atoms with Crippen LogP contribution in [0, 0.1) is 6.92 Å². The Balaban J connectivity index is 1.61. The van der Waals surface area contributed by atoms with Crippen molar-refractivity contribution in [1.82, 2.24) is 14.8 Å². The number of methoxy groups -OCH3 is 1. The summed E-state index contributed by atoms with van der Waals surface area (Å²) in [6.45, 7) is 3.85. The third-order valence-electron chi connectivity index (χ3n) is 3.98. The first-order valence-electron chi connectivity index (χ1n) is 7.53. The molecule has 0 aliphatic carbocycles. The van der Waals surface area contributed by atoms with Crippen LogP contribution in [0.15, 0.2) is 22.6 Å². The summed E-state index contributed by atoms with van der Waals surface area (Å²) in [7, 11) is 1.36. The Labute approximate surface area is 133 Å². The van der Waals surface area contributed by atoms with Crippen LogP contribution in [0.1, 0.15) is 11.5 Å². The normalized spacial score (nSPS) is 15.0. The van der Waals surface area contributed by atoms with E-state index in [4.69, 9.17) is 9.15 Å². The molecule has 2 heterocycles. The SMILES string of the molecule is COC(=O)N1CCN(C(=O)Cc2ccc3oc(C)nc3c2)CC1. The van der Waals surface area contributed by atoms with E-state index < -0.39 is 0 Å². The minimum absolute atomic E-state index is 0.0501. The van der Waals surface area contributed by atoms with Crippen LogP contribution >= 0.6 is 0 Å². The fourth-order valence-corrected chi connectivity index (χ4v) is 2.75. The minimum atomic E-state index is -0.344. The number of hydrogen-bond acceptors (Lipinski definition) is 5. The van der Waals surface area contributed by atoms with E-state index in [2.05, 4.69) is 4.98 Å². The largest absolute Gasteiger partial charge is 0.453 e. The Bertz CT molecular complexity index is 732. The number of aromatic nitrogens is 1. The molecule has 0 bridgehead atoms. The van der Waals surface area contributed by atoms with Crippen LogP contribution in [0.25, 0.3) is 11.1 Å². The topological polar surface area (TPSA) is 75.9 Å². The molecule has 0 radical (unpaired) electrons. The van der Waals surface area contributed by atoms with Crippen LogP contribution in [0.3, 0.4) is 0 Å². The number of oxazole rings is 1. The number of piperazine rings is 1. The first kappa shape index (κ1) is 15.3. The molecule has 1 fully saturated rings. The molecule has 122 valence electrons. The van der Waals surface area contributed by atoms with Crippen LogP contribution in [0.2, 0.25) is 0 Å². The highest BCUT2D eigenvalue weighted by molar-refractivity contribution is 5.81. The Morgan fingerprint density at radius 3 is 2.61 bits per heavy atom. The van der Waals surface area contributed by atoms with E-state index >= 15 is 0 Å². The van der Waals surface area contributed by atoms with Gasteiger partial charge in [-0.05, 0) is 17.7 Å². The van der Waals surface area contributed by atoms with Crippen LogP contribution in [-0.4, -0.2) is 60.1 Å². The van der Waals surface area contributed by atoms with Crippen LogP contribution in [0.5, 0.6) is 0 Å². The van der Waals surface area contributed by atoms with E-state index in [9.17, 15) is 9.59 Å². The zero-order valence-corrected chi connectivity index (χ0v) is 13.2. The fraction of sp³-hybridized carbons (Fsp3) is 0.438. The summed E-state index contributed by atoms with van der Waals surface area (Å²) < 4.78 is 10.1. The van der Waals surface area contributed by atoms with E-state index in [-0.39, 0.29) is 12.0 Å². The van der Waals surface area contributed by atoms with Crippen molar-refractivity contribution in [3.63, 3.8) is 0 Å². The van der Waals surface area contributed by atoms with E-state index in [0.717, 1.165) is 16.7 Å². The third-order valence-corrected chi connectivity index (χ3v) is 3.98. The van der Waals surface area contributed by atoms with Crippen molar-refractivity contribution in [3.8, 4) is 0 Å². The summed E-state index contributed by atoms with van der Waals surface area (Å²) >= 11 is 0. The molecular weight excluding hydrogens is 298 g/mol. The van der Waals surface area contributed by atoms with Gasteiger partial charge in [0, 0.05) is 33.1 Å². The molecular formula is C16H19N3O4. The summed E-state index contributed by atoms with van der Waals surface area (Å²) in [5, 5.41) is 0. The summed E-state index contributed by atoms with van der Waals surface area (Å²) in [5.74, 6) is 0.663. The number of carbonyl (C=O) groups excluding carboxylic acids is 2. The Morgan fingerprint density at radius 1 is 1.22 bits per heavy atom. The quantitative estimate of drug-likeness (QED) is 0.841. The van der Waals surface area contributed by atoms with E-state index in [1.54, 1.807) is 16.7 Å². The van der Waals surface area contributed by atoms with Gasteiger partial charge in [-0.3, -0.25) is 4.79 Å². The highest BCUT2D eigenvalue weighted by Gasteiger charge is 2.24. The Morgan fingerprint density at radius 2 is 1.91 bits per heavy atom. The first-order valence-corrected chi connectivity index (χ1v) is 7.53. The van der Waals surface area contributed by atoms with Crippen LogP contribution < -0.4 is 0 Å². The molecule has 0 N–H and O–H groups in total. The maximum Gasteiger partial charge on any atom is 0.409 e. The average Bonchev–Trinajstić information content (AvgIpc) is 2.93. The number of amides is 2. The van der Waals surface area contributed by atoms with Gasteiger partial charge < -0.3 is 19.0 Å². The van der Waals surface area contributed by atoms with Crippen molar-refractivity contribution >= 4 is 23.1 Å². The molecule has 0 atom stereocenters. The standard InChI is InChI=1S/C16H19N3O4/c1-11-17-13-9-12(3-4-14(13)23-11)10-15(20)18-5-7-19(8-6-18)16(21)22-2/h3-4,9H,5-8,10H2,1-2H3. The lowest BCUT2D eigenvalue weighted by atomic mass is 10.1. The van der Waals surface area contributed by atoms with Gasteiger partial charge in [0.05, 0.1) is 13.5 Å². The average molecular weight is 317 g/mol. The number of ether oxygens (including phenoxy) is 1. The number of fused-ring (bicyclic) bond motifs is 1. The predicted molar refractivity (Wildman–Crippen MR) is 83.0 cm³/mol. The van der Waals surface area contributed by atoms with Crippen LogP contribution in [-0.2, 0) is 16.0 Å². The van der Waals surface area contributed by atoms with Gasteiger partial charge in [0.25, 0.3) is 0 Å². The van der Waals surface area contributed by atoms with Crippen molar-refractivity contribution in [3.05, 3.63) is 29.7 Å². The number of rotatable bonds is 2. The van der Waals surface area contributed by atoms with Gasteiger partial charge >= 0.3 is 6.09 Å². The van der Waals surface area contributed by atoms with Gasteiger partial charge in [-0.1, -0.05) is 6.07 Å². The molecule has 3 rings (SSSR count). The fourth-order valence-electron chi connectivity index (χ4n) is 2.75. The molecule has 2 amide bonds. The van der Waals surface area contributed by atoms with Crippen molar-refractivity contribution in [2.24, 2.45) is 0 Å². The zero-order chi connectivity index (χ0) is 16.4. The molecule has 0 spiro atoms. The molecule has 7 heteroatoms. The molecule has 0 unspecified atom stereocenters. The molecule has 1 aliphatic heterocycles. The first-order chi connectivity index (χ1) is 11.1. The van der Waals surface area contributed by atoms with Gasteiger partial charge in [0.15, 0.2) is 11.5 Å². The summed E-state index contributed by atoms with van der Waals surface area (Å²) in [6, 6.07) is 5.61. The Hall–Kier alpha value is -2.57. The minimum Gasteiger partial charge on any atom is -0.453 e. The second-order valence-corrected chi connectivity index (χ2v) is 5.55. The Kier molecular flexibility index (Phi) is 4.18. The number of aryl methyl sites for hydroxylation is 1. The number of hydrogen-bond donors (Lipinski definition) is 0. The van der Waals surface area contributed by atoms with Crippen molar-refractivity contribution in [2.75, 3.05) is 33.3 Å². The van der Waals surface area contributed by atoms with Gasteiger partial charge in [-0.2, -0.15) is 0 Å². The second-order valence-electron chi connectivity index (χ2n) is 5.55. The monoisotopic (exact) mass is 317 g/mol. The third kappa shape index (κ3) is 3.28. The highest BCUT2D eigenvalue weighted by atomic mass is 16.5. The van der Waals surface area contributed by atoms with E-state index in [0.29, 0.717) is 38.5 Å². The highest BCUT2D eigenvalue weighted by Crippen LogP contribution is 2.17. The number of carbonyl (C=O) groups is 2. The maximum atomic E-state index is 12.4. The number of benzene rings is 1. The lowest BCUT2D eigenvalue weighted by molar-refractivity contribution is -0.132. The molecule has 7 nitrogen and oxygen atoms in total. The molecule has 2 aromatic rings. The molecule has 1 aromatic heterocycles. The van der Waals surface area contributed by atoms with Crippen molar-refractivity contribution < 1.29 is 18.7 Å². The maximum absolute atomic E-state index is 12.4. The van der Waals surface area contributed by atoms with Gasteiger partial charge in [0.1, 0.15) is 5.52 Å². The second kappa shape index (κ2) is 6.28. The van der Waals surface area contributed by atoms with Gasteiger partial charge in [-0.15, -0.1) is 0 Å². The van der Waals surface area contributed by atoms with Crippen molar-refractivity contribution in [1.29, 1.82) is 0 Å². The molecule has 1 saturated heterocycles. The molecule has 0 saturated carbocycles. The molecule has 23 heavy (non-hydrogen) atoms. The van der Waals surface area contributed by atoms with E-state index in [1.807, 2.05) is 18.2 Å². The number of nitrogens with zero attached hydrogens (tertiary/aromatic N) is 3. The zero-order valence-electron chi connectivity index (χ0n) is 13.2. The lowest BCUT2D eigenvalue weighted by Gasteiger charge is -2.33. The molecule has 1 aliphatic rings. The van der Waals surface area contributed by atoms with Gasteiger partial charge in [-0.25, -0.2) is 9.78 Å².